The molecule has 4 aromatic carbocycles. The Morgan fingerprint density at radius 1 is 0.919 bits per heavy atom. The molecule has 1 heterocycles. The Hall–Kier alpha value is -3.67. The van der Waals surface area contributed by atoms with E-state index in [9.17, 15) is 4.79 Å². The number of carbonyl (C=O) groups is 1. The van der Waals surface area contributed by atoms with E-state index in [0.717, 1.165) is 30.8 Å². The minimum absolute atomic E-state index is 0.0758. The van der Waals surface area contributed by atoms with Crippen LogP contribution in [0, 0.1) is 0 Å². The zero-order valence-electron chi connectivity index (χ0n) is 21.6. The summed E-state index contributed by atoms with van der Waals surface area (Å²) in [6.07, 6.45) is 0.767. The number of ether oxygens (including phenoxy) is 1. The van der Waals surface area contributed by atoms with Gasteiger partial charge in [-0.15, -0.1) is 0 Å². The molecule has 2 atom stereocenters. The second-order valence-corrected chi connectivity index (χ2v) is 9.74. The molecular weight excluding hydrogens is 458 g/mol. The quantitative estimate of drug-likeness (QED) is 0.346. The van der Waals surface area contributed by atoms with Crippen LogP contribution >= 0.6 is 0 Å². The lowest BCUT2D eigenvalue weighted by molar-refractivity contribution is -0.125. The summed E-state index contributed by atoms with van der Waals surface area (Å²) in [6.45, 7) is 2.27. The second-order valence-electron chi connectivity index (χ2n) is 9.74. The third-order valence-corrected chi connectivity index (χ3v) is 7.56. The number of amides is 1. The summed E-state index contributed by atoms with van der Waals surface area (Å²) in [6, 6.07) is 33.8. The van der Waals surface area contributed by atoms with Crippen LogP contribution in [0.3, 0.4) is 0 Å². The van der Waals surface area contributed by atoms with Crippen molar-refractivity contribution in [3.63, 3.8) is 0 Å². The van der Waals surface area contributed by atoms with Crippen molar-refractivity contribution in [1.82, 2.24) is 15.5 Å². The molecule has 190 valence electrons. The van der Waals surface area contributed by atoms with Gasteiger partial charge in [-0.3, -0.25) is 9.69 Å². The van der Waals surface area contributed by atoms with Gasteiger partial charge in [-0.25, -0.2) is 0 Å². The molecule has 1 saturated heterocycles. The molecule has 5 heteroatoms. The first kappa shape index (κ1) is 25.0. The summed E-state index contributed by atoms with van der Waals surface area (Å²) in [4.78, 5) is 15.3. The van der Waals surface area contributed by atoms with E-state index < -0.39 is 0 Å². The van der Waals surface area contributed by atoms with Gasteiger partial charge in [0, 0.05) is 44.2 Å². The summed E-state index contributed by atoms with van der Waals surface area (Å²) < 4.78 is 5.70. The van der Waals surface area contributed by atoms with Crippen molar-refractivity contribution in [3.8, 4) is 5.75 Å². The number of rotatable bonds is 9. The fourth-order valence-electron chi connectivity index (χ4n) is 5.64. The number of likely N-dealkylation sites (tertiary alicyclic amines) is 1. The zero-order chi connectivity index (χ0) is 25.6. The lowest BCUT2D eigenvalue weighted by atomic mass is 9.90. The molecule has 1 aliphatic heterocycles. The van der Waals surface area contributed by atoms with Crippen LogP contribution < -0.4 is 15.4 Å². The number of hydrogen-bond donors (Lipinski definition) is 2. The van der Waals surface area contributed by atoms with E-state index in [1.54, 1.807) is 14.2 Å². The maximum atomic E-state index is 13.0. The van der Waals surface area contributed by atoms with Gasteiger partial charge < -0.3 is 15.4 Å². The van der Waals surface area contributed by atoms with Gasteiger partial charge in [0.1, 0.15) is 5.75 Å². The molecule has 1 fully saturated rings. The number of benzene rings is 4. The molecule has 2 N–H and O–H groups in total. The van der Waals surface area contributed by atoms with Gasteiger partial charge in [0.25, 0.3) is 0 Å². The van der Waals surface area contributed by atoms with Crippen molar-refractivity contribution in [2.24, 2.45) is 0 Å². The van der Waals surface area contributed by atoms with Crippen LogP contribution in [0.4, 0.5) is 0 Å². The van der Waals surface area contributed by atoms with E-state index in [-0.39, 0.29) is 23.9 Å². The molecule has 0 saturated carbocycles. The van der Waals surface area contributed by atoms with Crippen LogP contribution in [-0.4, -0.2) is 50.1 Å². The fourth-order valence-corrected chi connectivity index (χ4v) is 5.64. The van der Waals surface area contributed by atoms with Gasteiger partial charge in [-0.05, 0) is 34.4 Å². The molecule has 4 aromatic rings. The lowest BCUT2D eigenvalue weighted by Gasteiger charge is -2.28. The highest BCUT2D eigenvalue weighted by atomic mass is 16.5. The Labute approximate surface area is 219 Å². The summed E-state index contributed by atoms with van der Waals surface area (Å²) in [5.74, 6) is 1.15. The second kappa shape index (κ2) is 11.6. The van der Waals surface area contributed by atoms with Gasteiger partial charge in [0.05, 0.1) is 13.2 Å². The molecule has 0 spiro atoms. The minimum Gasteiger partial charge on any atom is -0.496 e. The predicted molar refractivity (Wildman–Crippen MR) is 150 cm³/mol. The number of carbonyl (C=O) groups excluding carboxylic acids is 1. The number of nitrogens with one attached hydrogen (secondary N) is 2. The molecule has 0 unspecified atom stereocenters. The first-order chi connectivity index (χ1) is 18.2. The van der Waals surface area contributed by atoms with E-state index in [1.807, 2.05) is 6.07 Å². The number of fused-ring (bicyclic) bond motifs is 1. The number of nitrogens with zero attached hydrogens (tertiary/aromatic N) is 1. The van der Waals surface area contributed by atoms with Crippen molar-refractivity contribution < 1.29 is 9.53 Å². The standard InChI is InChI=1S/C32H35N3O2/c1-33-32(36)30-19-26(34-20-28-27-16-10-9-15-25(27)17-18-31(28)37-2)21-35(30)22-29(23-11-5-3-6-12-23)24-13-7-4-8-14-24/h3-18,26,29-30,34H,19-22H2,1-2H3,(H,33,36)/t26-,30-/m0/s1. The van der Waals surface area contributed by atoms with Crippen LogP contribution in [0.25, 0.3) is 10.8 Å². The van der Waals surface area contributed by atoms with Crippen LogP contribution in [0.2, 0.25) is 0 Å². The highest BCUT2D eigenvalue weighted by molar-refractivity contribution is 5.87. The van der Waals surface area contributed by atoms with E-state index in [0.29, 0.717) is 6.54 Å². The molecule has 0 aromatic heterocycles. The predicted octanol–water partition coefficient (Wildman–Crippen LogP) is 4.96. The van der Waals surface area contributed by atoms with Gasteiger partial charge in [-0.1, -0.05) is 91.0 Å². The Kier molecular flexibility index (Phi) is 7.83. The van der Waals surface area contributed by atoms with E-state index in [4.69, 9.17) is 4.74 Å². The molecule has 5 nitrogen and oxygen atoms in total. The molecule has 37 heavy (non-hydrogen) atoms. The maximum Gasteiger partial charge on any atom is 0.237 e. The average molecular weight is 494 g/mol. The smallest absolute Gasteiger partial charge is 0.237 e. The largest absolute Gasteiger partial charge is 0.496 e. The molecule has 0 aliphatic carbocycles. The van der Waals surface area contributed by atoms with Crippen LogP contribution in [-0.2, 0) is 11.3 Å². The van der Waals surface area contributed by atoms with Crippen LogP contribution in [0.1, 0.15) is 29.0 Å². The van der Waals surface area contributed by atoms with Crippen LogP contribution in [0.5, 0.6) is 5.75 Å². The normalized spacial score (nSPS) is 17.8. The number of hydrogen-bond acceptors (Lipinski definition) is 4. The number of likely N-dealkylation sites (N-methyl/N-ethyl adjacent to an activating group) is 1. The van der Waals surface area contributed by atoms with E-state index >= 15 is 0 Å². The third kappa shape index (κ3) is 5.53. The molecule has 5 rings (SSSR count). The minimum atomic E-state index is -0.174. The Balaban J connectivity index is 1.37. The highest BCUT2D eigenvalue weighted by Gasteiger charge is 2.37. The number of methoxy groups -OCH3 is 1. The monoisotopic (exact) mass is 493 g/mol. The average Bonchev–Trinajstić information content (AvgIpc) is 3.37. The first-order valence-corrected chi connectivity index (χ1v) is 13.0. The molecule has 0 bridgehead atoms. The third-order valence-electron chi connectivity index (χ3n) is 7.56. The van der Waals surface area contributed by atoms with Crippen molar-refractivity contribution in [2.75, 3.05) is 27.2 Å². The molecular formula is C32H35N3O2. The van der Waals surface area contributed by atoms with Gasteiger partial charge in [0.15, 0.2) is 0 Å². The molecule has 1 aliphatic rings. The highest BCUT2D eigenvalue weighted by Crippen LogP contribution is 2.31. The van der Waals surface area contributed by atoms with Gasteiger partial charge in [-0.2, -0.15) is 0 Å². The summed E-state index contributed by atoms with van der Waals surface area (Å²) in [5, 5.41) is 9.05. The molecule has 1 amide bonds. The van der Waals surface area contributed by atoms with Crippen molar-refractivity contribution in [3.05, 3.63) is 114 Å². The van der Waals surface area contributed by atoms with Crippen molar-refractivity contribution in [1.29, 1.82) is 0 Å². The summed E-state index contributed by atoms with van der Waals surface area (Å²) in [5.41, 5.74) is 3.68. The van der Waals surface area contributed by atoms with Crippen molar-refractivity contribution >= 4 is 16.7 Å². The van der Waals surface area contributed by atoms with Crippen LogP contribution in [0.15, 0.2) is 97.1 Å². The van der Waals surface area contributed by atoms with Gasteiger partial charge >= 0.3 is 0 Å². The molecule has 0 radical (unpaired) electrons. The Morgan fingerprint density at radius 2 is 1.57 bits per heavy atom. The van der Waals surface area contributed by atoms with E-state index in [1.165, 1.54) is 21.9 Å². The van der Waals surface area contributed by atoms with Crippen molar-refractivity contribution in [2.45, 2.75) is 31.0 Å². The lowest BCUT2D eigenvalue weighted by Crippen LogP contribution is -2.43. The fraction of sp³-hybridized carbons (Fsp3) is 0.281. The van der Waals surface area contributed by atoms with E-state index in [2.05, 4.69) is 107 Å². The maximum absolute atomic E-state index is 13.0. The summed E-state index contributed by atoms with van der Waals surface area (Å²) in [7, 11) is 3.45. The van der Waals surface area contributed by atoms with Gasteiger partial charge in [0.2, 0.25) is 5.91 Å². The topological polar surface area (TPSA) is 53.6 Å². The first-order valence-electron chi connectivity index (χ1n) is 13.0. The SMILES string of the molecule is CNC(=O)[C@@H]1C[C@H](NCc2c(OC)ccc3ccccc23)CN1CC(c1ccccc1)c1ccccc1. The Morgan fingerprint density at radius 3 is 2.22 bits per heavy atom. The zero-order valence-corrected chi connectivity index (χ0v) is 21.6. The summed E-state index contributed by atoms with van der Waals surface area (Å²) >= 11 is 0. The Bertz CT molecular complexity index is 1290.